The van der Waals surface area contributed by atoms with E-state index >= 15 is 0 Å². The molecule has 2 atom stereocenters. The van der Waals surface area contributed by atoms with Crippen LogP contribution in [0.1, 0.15) is 18.5 Å². The molecule has 0 saturated carbocycles. The lowest BCUT2D eigenvalue weighted by Crippen LogP contribution is -2.47. The molecule has 172 valence electrons. The second kappa shape index (κ2) is 9.25. The Bertz CT molecular complexity index is 950. The summed E-state index contributed by atoms with van der Waals surface area (Å²) in [6.45, 7) is 5.52. The predicted octanol–water partition coefficient (Wildman–Crippen LogP) is 2.65. The van der Waals surface area contributed by atoms with Crippen molar-refractivity contribution in [2.75, 3.05) is 73.8 Å². The monoisotopic (exact) mass is 474 g/mol. The van der Waals surface area contributed by atoms with Crippen molar-refractivity contribution in [3.63, 3.8) is 0 Å². The fourth-order valence-corrected chi connectivity index (χ4v) is 6.53. The van der Waals surface area contributed by atoms with Gasteiger partial charge >= 0.3 is 0 Å². The summed E-state index contributed by atoms with van der Waals surface area (Å²) in [7, 11) is 4.23. The van der Waals surface area contributed by atoms with E-state index in [1.165, 1.54) is 5.69 Å². The standard InChI is InChI=1S/C23H31ClN6OS/c1-27(2)16-19-4-3-10-30(19)22-21-20(9-15-32(21)31)25-23(26-22)29-13-11-28(12-14-29)18-7-5-17(24)6-8-18/h5-8,19H,3-4,9-16H2,1-2H3. The largest absolute Gasteiger partial charge is 0.611 e. The summed E-state index contributed by atoms with van der Waals surface area (Å²) in [5.41, 5.74) is 2.18. The van der Waals surface area contributed by atoms with Gasteiger partial charge in [0.1, 0.15) is 11.4 Å². The van der Waals surface area contributed by atoms with E-state index in [0.717, 1.165) is 85.9 Å². The van der Waals surface area contributed by atoms with E-state index in [-0.39, 0.29) is 0 Å². The van der Waals surface area contributed by atoms with E-state index in [0.29, 0.717) is 11.8 Å². The van der Waals surface area contributed by atoms with E-state index in [9.17, 15) is 4.55 Å². The Labute approximate surface area is 198 Å². The summed E-state index contributed by atoms with van der Waals surface area (Å²) in [6.07, 6.45) is 3.08. The van der Waals surface area contributed by atoms with Gasteiger partial charge in [0.15, 0.2) is 5.82 Å². The van der Waals surface area contributed by atoms with Gasteiger partial charge in [-0.15, -0.1) is 0 Å². The van der Waals surface area contributed by atoms with E-state index in [1.54, 1.807) is 0 Å². The molecule has 0 N–H and O–H groups in total. The highest BCUT2D eigenvalue weighted by Gasteiger charge is 2.38. The smallest absolute Gasteiger partial charge is 0.228 e. The molecular formula is C23H31ClN6OS. The van der Waals surface area contributed by atoms with Crippen LogP contribution < -0.4 is 14.7 Å². The average Bonchev–Trinajstić information content (AvgIpc) is 3.40. The van der Waals surface area contributed by atoms with Gasteiger partial charge in [-0.05, 0) is 62.4 Å². The number of nitrogens with zero attached hydrogens (tertiary/aromatic N) is 6. The summed E-state index contributed by atoms with van der Waals surface area (Å²) >= 11 is 5.05. The lowest BCUT2D eigenvalue weighted by Gasteiger charge is -2.36. The molecule has 3 aliphatic heterocycles. The van der Waals surface area contributed by atoms with Crippen LogP contribution in [-0.4, -0.2) is 84.6 Å². The van der Waals surface area contributed by atoms with Gasteiger partial charge in [-0.3, -0.25) is 0 Å². The second-order valence-corrected chi connectivity index (χ2v) is 11.1. The molecule has 1 aromatic carbocycles. The Morgan fingerprint density at radius 2 is 1.78 bits per heavy atom. The Morgan fingerprint density at radius 1 is 1.06 bits per heavy atom. The molecule has 1 aromatic heterocycles. The number of hydrogen-bond acceptors (Lipinski definition) is 7. The molecule has 7 nitrogen and oxygen atoms in total. The molecule has 9 heteroatoms. The maximum atomic E-state index is 12.8. The summed E-state index contributed by atoms with van der Waals surface area (Å²) in [6, 6.07) is 8.46. The van der Waals surface area contributed by atoms with Crippen molar-refractivity contribution in [3.05, 3.63) is 35.0 Å². The Morgan fingerprint density at radius 3 is 2.50 bits per heavy atom. The first kappa shape index (κ1) is 22.1. The van der Waals surface area contributed by atoms with Gasteiger partial charge in [-0.1, -0.05) is 11.6 Å². The van der Waals surface area contributed by atoms with Crippen molar-refractivity contribution < 1.29 is 4.55 Å². The molecule has 0 spiro atoms. The maximum absolute atomic E-state index is 12.8. The maximum Gasteiger partial charge on any atom is 0.228 e. The van der Waals surface area contributed by atoms with Gasteiger partial charge in [-0.25, -0.2) is 4.98 Å². The van der Waals surface area contributed by atoms with Crippen molar-refractivity contribution in [3.8, 4) is 0 Å². The van der Waals surface area contributed by atoms with Crippen LogP contribution in [0.4, 0.5) is 17.5 Å². The molecule has 5 rings (SSSR count). The topological polar surface area (TPSA) is 61.8 Å². The molecule has 4 heterocycles. The number of aryl methyl sites for hydroxylation is 1. The van der Waals surface area contributed by atoms with Crippen LogP contribution in [0.25, 0.3) is 0 Å². The minimum atomic E-state index is -0.997. The molecule has 3 aliphatic rings. The third kappa shape index (κ3) is 4.38. The summed E-state index contributed by atoms with van der Waals surface area (Å²) in [4.78, 5) is 20.2. The van der Waals surface area contributed by atoms with Gasteiger partial charge in [0.05, 0.1) is 0 Å². The highest BCUT2D eigenvalue weighted by molar-refractivity contribution is 7.91. The van der Waals surface area contributed by atoms with Crippen LogP contribution in [0.2, 0.25) is 5.02 Å². The third-order valence-electron chi connectivity index (χ3n) is 6.64. The minimum Gasteiger partial charge on any atom is -0.611 e. The molecule has 32 heavy (non-hydrogen) atoms. The first-order chi connectivity index (χ1) is 15.5. The molecule has 0 radical (unpaired) electrons. The van der Waals surface area contributed by atoms with Crippen molar-refractivity contribution in [2.45, 2.75) is 30.2 Å². The molecule has 2 unspecified atom stereocenters. The van der Waals surface area contributed by atoms with Crippen LogP contribution in [0.5, 0.6) is 0 Å². The highest BCUT2D eigenvalue weighted by Crippen LogP contribution is 2.37. The number of benzene rings is 1. The number of aromatic nitrogens is 2. The van der Waals surface area contributed by atoms with E-state index in [4.69, 9.17) is 21.6 Å². The lowest BCUT2D eigenvalue weighted by atomic mass is 10.2. The minimum absolute atomic E-state index is 0.413. The average molecular weight is 475 g/mol. The molecule has 0 amide bonds. The van der Waals surface area contributed by atoms with Crippen molar-refractivity contribution in [1.82, 2.24) is 14.9 Å². The molecule has 2 fully saturated rings. The van der Waals surface area contributed by atoms with Gasteiger partial charge in [0.2, 0.25) is 10.8 Å². The number of fused-ring (bicyclic) bond motifs is 1. The second-order valence-electron chi connectivity index (χ2n) is 9.12. The summed E-state index contributed by atoms with van der Waals surface area (Å²) < 4.78 is 12.8. The Kier molecular flexibility index (Phi) is 6.38. The van der Waals surface area contributed by atoms with Crippen LogP contribution >= 0.6 is 11.6 Å². The zero-order valence-electron chi connectivity index (χ0n) is 18.8. The molecule has 2 aromatic rings. The number of halogens is 1. The SMILES string of the molecule is CN(C)CC1CCCN1c1nc(N2CCN(c3ccc(Cl)cc3)CC2)nc2c1[S+]([O-])CC2. The number of likely N-dealkylation sites (N-methyl/N-ethyl adjacent to an activating group) is 1. The van der Waals surface area contributed by atoms with Crippen LogP contribution in [0.15, 0.2) is 29.2 Å². The number of anilines is 3. The molecular weight excluding hydrogens is 444 g/mol. The number of hydrogen-bond donors (Lipinski definition) is 0. The third-order valence-corrected chi connectivity index (χ3v) is 8.34. The fourth-order valence-electron chi connectivity index (χ4n) is 5.04. The summed E-state index contributed by atoms with van der Waals surface area (Å²) in [5, 5.41) is 0.762. The Balaban J connectivity index is 1.38. The Hall–Kier alpha value is -1.74. The van der Waals surface area contributed by atoms with Crippen LogP contribution in [0.3, 0.4) is 0 Å². The van der Waals surface area contributed by atoms with Gasteiger partial charge in [-0.2, -0.15) is 4.98 Å². The zero-order chi connectivity index (χ0) is 22.2. The van der Waals surface area contributed by atoms with Gasteiger partial charge < -0.3 is 24.2 Å². The van der Waals surface area contributed by atoms with Gasteiger partial charge in [0.25, 0.3) is 0 Å². The van der Waals surface area contributed by atoms with E-state index in [2.05, 4.69) is 45.8 Å². The number of piperazine rings is 1. The van der Waals surface area contributed by atoms with E-state index < -0.39 is 11.2 Å². The fraction of sp³-hybridized carbons (Fsp3) is 0.565. The van der Waals surface area contributed by atoms with Crippen LogP contribution in [-0.2, 0) is 17.6 Å². The molecule has 2 saturated heterocycles. The van der Waals surface area contributed by atoms with Crippen molar-refractivity contribution >= 4 is 40.2 Å². The first-order valence-electron chi connectivity index (χ1n) is 11.5. The van der Waals surface area contributed by atoms with Crippen molar-refractivity contribution in [1.29, 1.82) is 0 Å². The normalized spacial score (nSPS) is 23.3. The number of rotatable bonds is 5. The molecule has 0 aliphatic carbocycles. The first-order valence-corrected chi connectivity index (χ1v) is 13.2. The predicted molar refractivity (Wildman–Crippen MR) is 132 cm³/mol. The van der Waals surface area contributed by atoms with E-state index in [1.807, 2.05) is 12.1 Å². The zero-order valence-corrected chi connectivity index (χ0v) is 20.4. The molecule has 0 bridgehead atoms. The van der Waals surface area contributed by atoms with Gasteiger partial charge in [0, 0.05) is 62.4 Å². The lowest BCUT2D eigenvalue weighted by molar-refractivity contribution is 0.371. The van der Waals surface area contributed by atoms with Crippen molar-refractivity contribution in [2.24, 2.45) is 0 Å². The summed E-state index contributed by atoms with van der Waals surface area (Å²) in [5.74, 6) is 2.38. The van der Waals surface area contributed by atoms with Crippen LogP contribution in [0, 0.1) is 0 Å². The quantitative estimate of drug-likeness (QED) is 0.617. The highest BCUT2D eigenvalue weighted by atomic mass is 35.5.